The average Bonchev–Trinajstić information content (AvgIpc) is 2.87. The van der Waals surface area contributed by atoms with E-state index >= 15 is 0 Å². The van der Waals surface area contributed by atoms with E-state index in [1.54, 1.807) is 35.2 Å². The number of hydrogen-bond donors (Lipinski definition) is 1. The van der Waals surface area contributed by atoms with Crippen LogP contribution in [0.4, 0.5) is 4.39 Å². The quantitative estimate of drug-likeness (QED) is 0.884. The summed E-state index contributed by atoms with van der Waals surface area (Å²) in [5.41, 5.74) is 7.32. The summed E-state index contributed by atoms with van der Waals surface area (Å²) >= 11 is 0. The van der Waals surface area contributed by atoms with Gasteiger partial charge in [-0.2, -0.15) is 0 Å². The minimum absolute atomic E-state index is 0.108. The van der Waals surface area contributed by atoms with E-state index in [1.165, 1.54) is 12.1 Å². The van der Waals surface area contributed by atoms with E-state index in [1.807, 2.05) is 0 Å². The lowest BCUT2D eigenvalue weighted by Crippen LogP contribution is -2.28. The molecule has 2 N–H and O–H groups in total. The number of nitrogens with zero attached hydrogens (tertiary/aromatic N) is 1. The number of hydrogen-bond acceptors (Lipinski definition) is 3. The molecule has 0 aromatic heterocycles. The third-order valence-electron chi connectivity index (χ3n) is 3.88. The molecule has 3 rings (SSSR count). The first kappa shape index (κ1) is 16.0. The number of primary amides is 1. The van der Waals surface area contributed by atoms with Crippen LogP contribution < -0.4 is 10.5 Å². The molecule has 0 saturated heterocycles. The van der Waals surface area contributed by atoms with Gasteiger partial charge in [0.15, 0.2) is 0 Å². The van der Waals surface area contributed by atoms with Crippen molar-refractivity contribution in [2.45, 2.75) is 19.6 Å². The van der Waals surface area contributed by atoms with Gasteiger partial charge in [-0.15, -0.1) is 0 Å². The zero-order chi connectivity index (χ0) is 17.1. The first-order valence-electron chi connectivity index (χ1n) is 7.60. The number of halogens is 1. The van der Waals surface area contributed by atoms with E-state index in [0.717, 1.165) is 11.1 Å². The smallest absolute Gasteiger partial charge is 0.254 e. The molecule has 1 aliphatic heterocycles. The molecule has 0 aliphatic carbocycles. The maximum Gasteiger partial charge on any atom is 0.254 e. The molecule has 0 bridgehead atoms. The largest absolute Gasteiger partial charge is 0.489 e. The maximum absolute atomic E-state index is 13.2. The van der Waals surface area contributed by atoms with Crippen LogP contribution in [0.15, 0.2) is 42.5 Å². The average molecular weight is 328 g/mol. The van der Waals surface area contributed by atoms with Crippen LogP contribution in [-0.4, -0.2) is 23.3 Å². The highest BCUT2D eigenvalue weighted by Gasteiger charge is 2.27. The second kappa shape index (κ2) is 6.70. The molecular formula is C18H17FN2O3. The SMILES string of the molecule is NC(=O)CCN1Cc2cc(OCc3cccc(F)c3)ccc2C1=O. The Labute approximate surface area is 138 Å². The van der Waals surface area contributed by atoms with Crippen molar-refractivity contribution in [3.63, 3.8) is 0 Å². The van der Waals surface area contributed by atoms with Gasteiger partial charge in [-0.25, -0.2) is 4.39 Å². The fraction of sp³-hybridized carbons (Fsp3) is 0.222. The van der Waals surface area contributed by atoms with Crippen molar-refractivity contribution in [1.82, 2.24) is 4.90 Å². The van der Waals surface area contributed by atoms with Crippen LogP contribution in [0.1, 0.15) is 27.9 Å². The Hall–Kier alpha value is -2.89. The second-order valence-corrected chi connectivity index (χ2v) is 5.68. The first-order valence-corrected chi connectivity index (χ1v) is 7.60. The van der Waals surface area contributed by atoms with Gasteiger partial charge in [0.05, 0.1) is 0 Å². The Morgan fingerprint density at radius 2 is 2.08 bits per heavy atom. The zero-order valence-corrected chi connectivity index (χ0v) is 13.0. The molecule has 0 spiro atoms. The Morgan fingerprint density at radius 3 is 2.83 bits per heavy atom. The highest BCUT2D eigenvalue weighted by molar-refractivity contribution is 5.98. The predicted octanol–water partition coefficient (Wildman–Crippen LogP) is 2.24. The molecule has 24 heavy (non-hydrogen) atoms. The summed E-state index contributed by atoms with van der Waals surface area (Å²) < 4.78 is 18.8. The fourth-order valence-electron chi connectivity index (χ4n) is 2.67. The molecule has 0 fully saturated rings. The van der Waals surface area contributed by atoms with Crippen molar-refractivity contribution in [2.24, 2.45) is 5.73 Å². The van der Waals surface area contributed by atoms with Crippen molar-refractivity contribution in [3.05, 3.63) is 65.0 Å². The van der Waals surface area contributed by atoms with Crippen LogP contribution in [0.25, 0.3) is 0 Å². The summed E-state index contributed by atoms with van der Waals surface area (Å²) in [6.45, 7) is 0.983. The number of rotatable bonds is 6. The van der Waals surface area contributed by atoms with Crippen LogP contribution in [-0.2, 0) is 17.9 Å². The molecule has 5 nitrogen and oxygen atoms in total. The van der Waals surface area contributed by atoms with Crippen molar-refractivity contribution in [2.75, 3.05) is 6.54 Å². The molecule has 0 atom stereocenters. The number of amides is 2. The standard InChI is InChI=1S/C18H17FN2O3/c19-14-3-1-2-12(8-14)11-24-15-4-5-16-13(9-15)10-21(18(16)23)7-6-17(20)22/h1-5,8-9H,6-7,10-11H2,(H2,20,22). The Morgan fingerprint density at radius 1 is 1.25 bits per heavy atom. The molecule has 2 aromatic carbocycles. The summed E-state index contributed by atoms with van der Waals surface area (Å²) in [6, 6.07) is 11.4. The third kappa shape index (κ3) is 3.53. The van der Waals surface area contributed by atoms with Gasteiger partial charge in [0.1, 0.15) is 18.2 Å². The summed E-state index contributed by atoms with van der Waals surface area (Å²) in [5, 5.41) is 0. The zero-order valence-electron chi connectivity index (χ0n) is 13.0. The van der Waals surface area contributed by atoms with Crippen LogP contribution in [0.5, 0.6) is 5.75 Å². The molecule has 0 radical (unpaired) electrons. The molecule has 0 saturated carbocycles. The van der Waals surface area contributed by atoms with Crippen molar-refractivity contribution >= 4 is 11.8 Å². The highest BCUT2D eigenvalue weighted by Crippen LogP contribution is 2.27. The lowest BCUT2D eigenvalue weighted by molar-refractivity contribution is -0.118. The van der Waals surface area contributed by atoms with Crippen LogP contribution >= 0.6 is 0 Å². The van der Waals surface area contributed by atoms with Crippen molar-refractivity contribution < 1.29 is 18.7 Å². The number of carbonyl (C=O) groups excluding carboxylic acids is 2. The van der Waals surface area contributed by atoms with E-state index in [-0.39, 0.29) is 24.8 Å². The lowest BCUT2D eigenvalue weighted by Gasteiger charge is -2.13. The van der Waals surface area contributed by atoms with E-state index < -0.39 is 5.91 Å². The number of ether oxygens (including phenoxy) is 1. The molecule has 1 aliphatic rings. The minimum Gasteiger partial charge on any atom is -0.489 e. The van der Waals surface area contributed by atoms with E-state index in [9.17, 15) is 14.0 Å². The van der Waals surface area contributed by atoms with Crippen molar-refractivity contribution in [1.29, 1.82) is 0 Å². The number of nitrogens with two attached hydrogens (primary N) is 1. The summed E-state index contributed by atoms with van der Waals surface area (Å²) in [5.74, 6) is -0.232. The monoisotopic (exact) mass is 328 g/mol. The summed E-state index contributed by atoms with van der Waals surface area (Å²) in [4.78, 5) is 24.7. The Kier molecular flexibility index (Phi) is 4.46. The van der Waals surface area contributed by atoms with Crippen LogP contribution in [0.2, 0.25) is 0 Å². The number of benzene rings is 2. The van der Waals surface area contributed by atoms with E-state index in [2.05, 4.69) is 0 Å². The fourth-order valence-corrected chi connectivity index (χ4v) is 2.67. The Bertz CT molecular complexity index is 792. The lowest BCUT2D eigenvalue weighted by atomic mass is 10.1. The van der Waals surface area contributed by atoms with Gasteiger partial charge in [-0.3, -0.25) is 9.59 Å². The summed E-state index contributed by atoms with van der Waals surface area (Å²) in [7, 11) is 0. The summed E-state index contributed by atoms with van der Waals surface area (Å²) in [6.07, 6.45) is 0.142. The Balaban J connectivity index is 1.66. The number of carbonyl (C=O) groups is 2. The van der Waals surface area contributed by atoms with Gasteiger partial charge >= 0.3 is 0 Å². The highest BCUT2D eigenvalue weighted by atomic mass is 19.1. The topological polar surface area (TPSA) is 72.6 Å². The molecule has 124 valence electrons. The normalized spacial score (nSPS) is 13.0. The molecule has 6 heteroatoms. The molecule has 0 unspecified atom stereocenters. The van der Waals surface area contributed by atoms with E-state index in [0.29, 0.717) is 24.4 Å². The van der Waals surface area contributed by atoms with Gasteiger partial charge in [-0.05, 0) is 41.5 Å². The van der Waals surface area contributed by atoms with Crippen LogP contribution in [0, 0.1) is 5.82 Å². The van der Waals surface area contributed by atoms with Gasteiger partial charge in [0.25, 0.3) is 5.91 Å². The molecular weight excluding hydrogens is 311 g/mol. The van der Waals surface area contributed by atoms with E-state index in [4.69, 9.17) is 10.5 Å². The van der Waals surface area contributed by atoms with Gasteiger partial charge in [0.2, 0.25) is 5.91 Å². The minimum atomic E-state index is -0.433. The predicted molar refractivity (Wildman–Crippen MR) is 85.7 cm³/mol. The third-order valence-corrected chi connectivity index (χ3v) is 3.88. The maximum atomic E-state index is 13.2. The van der Waals surface area contributed by atoms with Gasteiger partial charge in [0, 0.05) is 25.1 Å². The molecule has 2 aromatic rings. The van der Waals surface area contributed by atoms with Gasteiger partial charge in [-0.1, -0.05) is 12.1 Å². The second-order valence-electron chi connectivity index (χ2n) is 5.68. The molecule has 2 amide bonds. The van der Waals surface area contributed by atoms with Gasteiger partial charge < -0.3 is 15.4 Å². The molecule has 1 heterocycles. The van der Waals surface area contributed by atoms with Crippen LogP contribution in [0.3, 0.4) is 0 Å². The number of fused-ring (bicyclic) bond motifs is 1. The van der Waals surface area contributed by atoms with Crippen molar-refractivity contribution in [3.8, 4) is 5.75 Å². The first-order chi connectivity index (χ1) is 11.5.